The molecule has 1 nitrogen and oxygen atoms in total. The van der Waals surface area contributed by atoms with Crippen LogP contribution < -0.4 is 0 Å². The van der Waals surface area contributed by atoms with Gasteiger partial charge in [-0.05, 0) is 39.7 Å². The third kappa shape index (κ3) is 4.21. The topological polar surface area (TPSA) is 20.2 Å². The van der Waals surface area contributed by atoms with Gasteiger partial charge in [-0.2, -0.15) is 0 Å². The molecule has 0 aromatic heterocycles. The van der Waals surface area contributed by atoms with Gasteiger partial charge in [-0.3, -0.25) is 0 Å². The summed E-state index contributed by atoms with van der Waals surface area (Å²) < 4.78 is 0. The van der Waals surface area contributed by atoms with Crippen molar-refractivity contribution in [3.05, 3.63) is 29.3 Å². The van der Waals surface area contributed by atoms with Crippen LogP contribution in [0, 0.1) is 11.5 Å². The van der Waals surface area contributed by atoms with Gasteiger partial charge in [0.05, 0.1) is 5.56 Å². The predicted molar refractivity (Wildman–Crippen MR) is 105 cm³/mol. The number of hydrogen-bond donors (Lipinski definition) is 1. The summed E-state index contributed by atoms with van der Waals surface area (Å²) in [4.78, 5) is 0. The number of benzene rings is 1. The van der Waals surface area contributed by atoms with Crippen LogP contribution in [0.2, 0.25) is 16.6 Å². The maximum Gasteiger partial charge on any atom is 0.146 e. The Balaban J connectivity index is 3.44. The zero-order valence-corrected chi connectivity index (χ0v) is 17.4. The summed E-state index contributed by atoms with van der Waals surface area (Å²) in [5.74, 6) is 3.67. The van der Waals surface area contributed by atoms with E-state index in [0.29, 0.717) is 22.4 Å². The Morgan fingerprint density at radius 2 is 1.39 bits per heavy atom. The molecule has 0 unspecified atom stereocenters. The second-order valence-corrected chi connectivity index (χ2v) is 14.2. The number of phenolic OH excluding ortho intramolecular Hbond substituents is 1. The van der Waals surface area contributed by atoms with Crippen molar-refractivity contribution in [3.8, 4) is 17.2 Å². The molecule has 0 spiro atoms. The van der Waals surface area contributed by atoms with Crippen molar-refractivity contribution < 1.29 is 5.11 Å². The lowest BCUT2D eigenvalue weighted by atomic mass is 9.86. The average molecular weight is 331 g/mol. The van der Waals surface area contributed by atoms with E-state index in [1.807, 2.05) is 6.07 Å². The Labute approximate surface area is 144 Å². The summed E-state index contributed by atoms with van der Waals surface area (Å²) in [6.45, 7) is 20.4. The van der Waals surface area contributed by atoms with E-state index in [-0.39, 0.29) is 5.41 Å². The molecule has 0 atom stereocenters. The fourth-order valence-corrected chi connectivity index (χ4v) is 8.93. The monoisotopic (exact) mass is 330 g/mol. The summed E-state index contributed by atoms with van der Waals surface area (Å²) in [7, 11) is -1.77. The first-order valence-corrected chi connectivity index (χ1v) is 11.0. The second-order valence-electron chi connectivity index (χ2n) is 8.63. The molecule has 0 bridgehead atoms. The smallest absolute Gasteiger partial charge is 0.146 e. The lowest BCUT2D eigenvalue weighted by Crippen LogP contribution is -2.43. The van der Waals surface area contributed by atoms with Crippen LogP contribution in [0.15, 0.2) is 18.2 Å². The van der Waals surface area contributed by atoms with Crippen LogP contribution >= 0.6 is 0 Å². The van der Waals surface area contributed by atoms with Crippen molar-refractivity contribution in [1.29, 1.82) is 0 Å². The number of rotatable bonds is 3. The first-order chi connectivity index (χ1) is 10.4. The first kappa shape index (κ1) is 19.8. The first-order valence-electron chi connectivity index (χ1n) is 8.79. The van der Waals surface area contributed by atoms with Crippen LogP contribution in [0.25, 0.3) is 0 Å². The molecule has 0 aliphatic rings. The summed E-state index contributed by atoms with van der Waals surface area (Å²) in [5, 5.41) is 10.2. The van der Waals surface area contributed by atoms with E-state index in [1.165, 1.54) is 5.56 Å². The molecule has 0 fully saturated rings. The molecule has 0 heterocycles. The minimum absolute atomic E-state index is 0.0623. The van der Waals surface area contributed by atoms with Crippen molar-refractivity contribution in [2.24, 2.45) is 0 Å². The Bertz CT molecular complexity index is 573. The molecular formula is C21H34OSi. The van der Waals surface area contributed by atoms with Gasteiger partial charge in [-0.15, -0.1) is 5.54 Å². The summed E-state index contributed by atoms with van der Waals surface area (Å²) in [5.41, 5.74) is 7.55. The summed E-state index contributed by atoms with van der Waals surface area (Å²) in [6, 6.07) is 5.84. The van der Waals surface area contributed by atoms with Crippen LogP contribution in [-0.4, -0.2) is 13.2 Å². The summed E-state index contributed by atoms with van der Waals surface area (Å²) in [6.07, 6.45) is 0. The molecule has 1 N–H and O–H groups in total. The van der Waals surface area contributed by atoms with Crippen LogP contribution in [-0.2, 0) is 5.41 Å². The normalized spacial score (nSPS) is 12.7. The highest BCUT2D eigenvalue weighted by atomic mass is 28.3. The highest BCUT2D eigenvalue weighted by Gasteiger charge is 2.41. The van der Waals surface area contributed by atoms with Gasteiger partial charge >= 0.3 is 0 Å². The molecule has 0 aliphatic heterocycles. The molecule has 0 saturated carbocycles. The fraction of sp³-hybridized carbons (Fsp3) is 0.619. The van der Waals surface area contributed by atoms with Crippen LogP contribution in [0.4, 0.5) is 0 Å². The third-order valence-corrected chi connectivity index (χ3v) is 11.4. The predicted octanol–water partition coefficient (Wildman–Crippen LogP) is 6.26. The average Bonchev–Trinajstić information content (AvgIpc) is 2.38. The van der Waals surface area contributed by atoms with Gasteiger partial charge in [0.2, 0.25) is 0 Å². The molecule has 0 amide bonds. The van der Waals surface area contributed by atoms with Gasteiger partial charge in [0.25, 0.3) is 0 Å². The van der Waals surface area contributed by atoms with Gasteiger partial charge in [-0.25, -0.2) is 0 Å². The molecule has 23 heavy (non-hydrogen) atoms. The van der Waals surface area contributed by atoms with Crippen molar-refractivity contribution >= 4 is 8.07 Å². The molecule has 128 valence electrons. The quantitative estimate of drug-likeness (QED) is 0.512. The maximum absolute atomic E-state index is 10.2. The van der Waals surface area contributed by atoms with Gasteiger partial charge in [0, 0.05) is 0 Å². The highest BCUT2D eigenvalue weighted by molar-refractivity contribution is 6.90. The van der Waals surface area contributed by atoms with Crippen LogP contribution in [0.1, 0.15) is 73.4 Å². The Morgan fingerprint density at radius 3 is 1.78 bits per heavy atom. The molecule has 0 saturated heterocycles. The van der Waals surface area contributed by atoms with Gasteiger partial charge < -0.3 is 5.11 Å². The SMILES string of the molecule is CC(C)[Si](C#Cc1cc(C(C)(C)C)ccc1O)(C(C)C)C(C)C. The molecule has 0 aliphatic carbocycles. The molecule has 1 aromatic rings. The van der Waals surface area contributed by atoms with Crippen molar-refractivity contribution in [2.75, 3.05) is 0 Å². The fourth-order valence-electron chi connectivity index (χ4n) is 3.71. The Hall–Kier alpha value is -1.20. The molecule has 1 aromatic carbocycles. The van der Waals surface area contributed by atoms with Crippen molar-refractivity contribution in [3.63, 3.8) is 0 Å². The molecule has 1 rings (SSSR count). The minimum Gasteiger partial charge on any atom is -0.507 e. The lowest BCUT2D eigenvalue weighted by Gasteiger charge is -2.38. The second kappa shape index (κ2) is 7.14. The lowest BCUT2D eigenvalue weighted by molar-refractivity contribution is 0.472. The van der Waals surface area contributed by atoms with E-state index in [9.17, 15) is 5.11 Å². The van der Waals surface area contributed by atoms with E-state index >= 15 is 0 Å². The van der Waals surface area contributed by atoms with E-state index in [0.717, 1.165) is 5.56 Å². The minimum atomic E-state index is -1.77. The van der Waals surface area contributed by atoms with Gasteiger partial charge in [-0.1, -0.05) is 74.3 Å². The number of hydrogen-bond acceptors (Lipinski definition) is 1. The van der Waals surface area contributed by atoms with Gasteiger partial charge in [0.15, 0.2) is 0 Å². The maximum atomic E-state index is 10.2. The molecular weight excluding hydrogens is 296 g/mol. The van der Waals surface area contributed by atoms with E-state index in [4.69, 9.17) is 0 Å². The van der Waals surface area contributed by atoms with Crippen molar-refractivity contribution in [1.82, 2.24) is 0 Å². The molecule has 2 heteroatoms. The standard InChI is InChI=1S/C21H34OSi/c1-15(2)23(16(3)4,17(5)6)13-12-18-14-19(21(7,8)9)10-11-20(18)22/h10-11,14-17,22H,1-9H3. The number of aromatic hydroxyl groups is 1. The number of phenols is 1. The summed E-state index contributed by atoms with van der Waals surface area (Å²) >= 11 is 0. The molecule has 0 radical (unpaired) electrons. The van der Waals surface area contributed by atoms with E-state index in [2.05, 4.69) is 79.8 Å². The van der Waals surface area contributed by atoms with Gasteiger partial charge in [0.1, 0.15) is 13.8 Å². The van der Waals surface area contributed by atoms with Crippen LogP contribution in [0.3, 0.4) is 0 Å². The van der Waals surface area contributed by atoms with E-state index in [1.54, 1.807) is 6.07 Å². The zero-order chi connectivity index (χ0) is 18.0. The largest absolute Gasteiger partial charge is 0.507 e. The zero-order valence-electron chi connectivity index (χ0n) is 16.4. The van der Waals surface area contributed by atoms with Crippen molar-refractivity contribution in [2.45, 2.75) is 84.4 Å². The highest BCUT2D eigenvalue weighted by Crippen LogP contribution is 2.41. The third-order valence-electron chi connectivity index (χ3n) is 5.14. The Kier molecular flexibility index (Phi) is 6.16. The van der Waals surface area contributed by atoms with E-state index < -0.39 is 8.07 Å². The Morgan fingerprint density at radius 1 is 0.913 bits per heavy atom. The van der Waals surface area contributed by atoms with Crippen LogP contribution in [0.5, 0.6) is 5.75 Å².